The summed E-state index contributed by atoms with van der Waals surface area (Å²) < 4.78 is 0. The first-order chi connectivity index (χ1) is 6.65. The van der Waals surface area contributed by atoms with E-state index in [1.165, 1.54) is 0 Å². The minimum Gasteiger partial charge on any atom is -0.481 e. The van der Waals surface area contributed by atoms with Crippen LogP contribution in [0.5, 0.6) is 0 Å². The molecule has 0 radical (unpaired) electrons. The van der Waals surface area contributed by atoms with Crippen LogP contribution in [0.1, 0.15) is 19.3 Å². The average Bonchev–Trinajstić information content (AvgIpc) is 2.18. The molecule has 1 rings (SSSR count). The highest BCUT2D eigenvalue weighted by Gasteiger charge is 2.27. The lowest BCUT2D eigenvalue weighted by Crippen LogP contribution is -2.42. The molecule has 0 aliphatic carbocycles. The number of piperidine rings is 1. The van der Waals surface area contributed by atoms with E-state index in [9.17, 15) is 9.59 Å². The third-order valence-corrected chi connectivity index (χ3v) is 2.83. The second-order valence-electron chi connectivity index (χ2n) is 3.46. The molecule has 5 heteroatoms. The molecule has 0 aromatic carbocycles. The highest BCUT2D eigenvalue weighted by molar-refractivity contribution is 9.09. The first-order valence-corrected chi connectivity index (χ1v) is 5.84. The van der Waals surface area contributed by atoms with E-state index < -0.39 is 5.97 Å². The van der Waals surface area contributed by atoms with Crippen LogP contribution < -0.4 is 0 Å². The van der Waals surface area contributed by atoms with Gasteiger partial charge in [-0.2, -0.15) is 0 Å². The molecule has 1 saturated heterocycles. The number of carbonyl (C=O) groups is 2. The number of aliphatic carboxylic acids is 1. The quantitative estimate of drug-likeness (QED) is 0.776. The molecule has 1 fully saturated rings. The van der Waals surface area contributed by atoms with Gasteiger partial charge < -0.3 is 10.0 Å². The van der Waals surface area contributed by atoms with E-state index in [1.807, 2.05) is 0 Å². The third-order valence-electron chi connectivity index (χ3n) is 2.43. The van der Waals surface area contributed by atoms with Crippen LogP contribution in [0.25, 0.3) is 0 Å². The Balaban J connectivity index is 2.47. The first-order valence-electron chi connectivity index (χ1n) is 4.71. The molecule has 0 aromatic rings. The monoisotopic (exact) mass is 263 g/mol. The summed E-state index contributed by atoms with van der Waals surface area (Å²) in [5.41, 5.74) is 0. The summed E-state index contributed by atoms with van der Waals surface area (Å²) in [4.78, 5) is 23.9. The van der Waals surface area contributed by atoms with Crippen molar-refractivity contribution in [2.75, 3.05) is 18.4 Å². The van der Waals surface area contributed by atoms with Crippen molar-refractivity contribution < 1.29 is 14.7 Å². The molecule has 14 heavy (non-hydrogen) atoms. The maximum Gasteiger partial charge on any atom is 0.308 e. The number of hydrogen-bond donors (Lipinski definition) is 1. The van der Waals surface area contributed by atoms with Crippen molar-refractivity contribution in [3.63, 3.8) is 0 Å². The number of nitrogens with zero attached hydrogens (tertiary/aromatic N) is 1. The maximum atomic E-state index is 11.5. The van der Waals surface area contributed by atoms with E-state index in [2.05, 4.69) is 15.9 Å². The molecule has 0 spiro atoms. The number of rotatable bonds is 3. The largest absolute Gasteiger partial charge is 0.481 e. The molecule has 1 unspecified atom stereocenters. The first kappa shape index (κ1) is 11.5. The smallest absolute Gasteiger partial charge is 0.308 e. The molecule has 1 aliphatic rings. The van der Waals surface area contributed by atoms with E-state index in [1.54, 1.807) is 4.90 Å². The lowest BCUT2D eigenvalue weighted by molar-refractivity contribution is -0.145. The number of hydrogen-bond acceptors (Lipinski definition) is 2. The van der Waals surface area contributed by atoms with Crippen molar-refractivity contribution >= 4 is 27.8 Å². The zero-order chi connectivity index (χ0) is 10.6. The molecular formula is C9H14BrNO3. The third kappa shape index (κ3) is 2.97. The Morgan fingerprint density at radius 2 is 2.21 bits per heavy atom. The van der Waals surface area contributed by atoms with Gasteiger partial charge in [-0.05, 0) is 12.8 Å². The molecule has 1 amide bonds. The van der Waals surface area contributed by atoms with Gasteiger partial charge in [0.1, 0.15) is 0 Å². The normalized spacial score (nSPS) is 22.1. The number of amides is 1. The van der Waals surface area contributed by atoms with Gasteiger partial charge in [0.15, 0.2) is 0 Å². The van der Waals surface area contributed by atoms with Crippen molar-refractivity contribution in [3.05, 3.63) is 0 Å². The zero-order valence-corrected chi connectivity index (χ0v) is 9.49. The highest BCUT2D eigenvalue weighted by Crippen LogP contribution is 2.17. The van der Waals surface area contributed by atoms with Crippen LogP contribution in [0.4, 0.5) is 0 Å². The second-order valence-corrected chi connectivity index (χ2v) is 4.25. The Morgan fingerprint density at radius 1 is 1.50 bits per heavy atom. The molecule has 1 N–H and O–H groups in total. The summed E-state index contributed by atoms with van der Waals surface area (Å²) in [6.45, 7) is 1.08. The van der Waals surface area contributed by atoms with Crippen molar-refractivity contribution in [3.8, 4) is 0 Å². The van der Waals surface area contributed by atoms with Crippen molar-refractivity contribution in [1.29, 1.82) is 0 Å². The van der Waals surface area contributed by atoms with Gasteiger partial charge in [-0.3, -0.25) is 9.59 Å². The number of carboxylic acids is 1. The molecule has 80 valence electrons. The Hall–Kier alpha value is -0.580. The number of alkyl halides is 1. The fraction of sp³-hybridized carbons (Fsp3) is 0.778. The van der Waals surface area contributed by atoms with Crippen molar-refractivity contribution in [1.82, 2.24) is 4.90 Å². The van der Waals surface area contributed by atoms with Gasteiger partial charge in [0.2, 0.25) is 5.91 Å². The lowest BCUT2D eigenvalue weighted by atomic mass is 9.98. The van der Waals surface area contributed by atoms with Crippen LogP contribution in [0, 0.1) is 5.92 Å². The van der Waals surface area contributed by atoms with Gasteiger partial charge >= 0.3 is 5.97 Å². The van der Waals surface area contributed by atoms with E-state index in [4.69, 9.17) is 5.11 Å². The Bertz CT molecular complexity index is 232. The van der Waals surface area contributed by atoms with Gasteiger partial charge in [-0.1, -0.05) is 15.9 Å². The van der Waals surface area contributed by atoms with Crippen LogP contribution in [-0.2, 0) is 9.59 Å². The summed E-state index contributed by atoms with van der Waals surface area (Å²) in [6.07, 6.45) is 1.94. The van der Waals surface area contributed by atoms with E-state index >= 15 is 0 Å². The van der Waals surface area contributed by atoms with Gasteiger partial charge in [0.25, 0.3) is 0 Å². The second kappa shape index (κ2) is 5.34. The maximum absolute atomic E-state index is 11.5. The Kier molecular flexibility index (Phi) is 4.38. The lowest BCUT2D eigenvalue weighted by Gasteiger charge is -2.30. The van der Waals surface area contributed by atoms with Gasteiger partial charge in [0.05, 0.1) is 5.92 Å². The van der Waals surface area contributed by atoms with Crippen LogP contribution in [0.3, 0.4) is 0 Å². The standard InChI is InChI=1S/C9H14BrNO3/c10-4-3-8(12)11-5-1-2-7(6-11)9(13)14/h7H,1-6H2,(H,13,14). The fourth-order valence-electron chi connectivity index (χ4n) is 1.64. The Morgan fingerprint density at radius 3 is 2.79 bits per heavy atom. The summed E-state index contributed by atoms with van der Waals surface area (Å²) >= 11 is 3.20. The summed E-state index contributed by atoms with van der Waals surface area (Å²) in [5.74, 6) is -1.11. The van der Waals surface area contributed by atoms with Gasteiger partial charge in [0, 0.05) is 24.8 Å². The Labute approximate surface area is 91.4 Å². The molecule has 0 saturated carbocycles. The zero-order valence-electron chi connectivity index (χ0n) is 7.91. The van der Waals surface area contributed by atoms with Crippen molar-refractivity contribution in [2.45, 2.75) is 19.3 Å². The number of likely N-dealkylation sites (tertiary alicyclic amines) is 1. The predicted octanol–water partition coefficient (Wildman–Crippen LogP) is 1.09. The average molecular weight is 264 g/mol. The minimum atomic E-state index is -0.790. The van der Waals surface area contributed by atoms with E-state index in [0.29, 0.717) is 31.3 Å². The summed E-state index contributed by atoms with van der Waals surface area (Å²) in [5, 5.41) is 9.46. The van der Waals surface area contributed by atoms with E-state index in [-0.39, 0.29) is 11.8 Å². The van der Waals surface area contributed by atoms with Crippen LogP contribution in [-0.4, -0.2) is 40.3 Å². The topological polar surface area (TPSA) is 57.6 Å². The fourth-order valence-corrected chi connectivity index (χ4v) is 1.98. The molecule has 1 heterocycles. The predicted molar refractivity (Wildman–Crippen MR) is 55.4 cm³/mol. The van der Waals surface area contributed by atoms with Crippen molar-refractivity contribution in [2.24, 2.45) is 5.92 Å². The molecule has 1 aliphatic heterocycles. The SMILES string of the molecule is O=C(O)C1CCCN(C(=O)CCBr)C1. The molecule has 1 atom stereocenters. The van der Waals surface area contributed by atoms with E-state index in [0.717, 1.165) is 6.42 Å². The summed E-state index contributed by atoms with van der Waals surface area (Å²) in [7, 11) is 0. The number of carboxylic acid groups (broad SMARTS) is 1. The van der Waals surface area contributed by atoms with Gasteiger partial charge in [-0.25, -0.2) is 0 Å². The molecular weight excluding hydrogens is 250 g/mol. The summed E-state index contributed by atoms with van der Waals surface area (Å²) in [6, 6.07) is 0. The molecule has 4 nitrogen and oxygen atoms in total. The van der Waals surface area contributed by atoms with Crippen LogP contribution >= 0.6 is 15.9 Å². The minimum absolute atomic E-state index is 0.0489. The highest BCUT2D eigenvalue weighted by atomic mass is 79.9. The number of halogens is 1. The van der Waals surface area contributed by atoms with Crippen LogP contribution in [0.15, 0.2) is 0 Å². The number of carbonyl (C=O) groups excluding carboxylic acids is 1. The molecule has 0 bridgehead atoms. The van der Waals surface area contributed by atoms with Crippen LogP contribution in [0.2, 0.25) is 0 Å². The molecule has 0 aromatic heterocycles. The van der Waals surface area contributed by atoms with Gasteiger partial charge in [-0.15, -0.1) is 0 Å².